The van der Waals surface area contributed by atoms with Crippen LogP contribution >= 0.6 is 11.3 Å². The SMILES string of the molecule is O=C(NCC1CCCN1)c1cc2c(s1)CCCCC2. The molecule has 0 bridgehead atoms. The maximum atomic E-state index is 12.2. The molecule has 1 atom stereocenters. The summed E-state index contributed by atoms with van der Waals surface area (Å²) in [4.78, 5) is 14.5. The standard InChI is InChI=1S/C15H22N2OS/c18-15(17-10-12-6-4-8-16-12)14-9-11-5-2-1-3-7-13(11)19-14/h9,12,16H,1-8,10H2,(H,17,18). The quantitative estimate of drug-likeness (QED) is 0.834. The van der Waals surface area contributed by atoms with E-state index in [-0.39, 0.29) is 5.91 Å². The average Bonchev–Trinajstić information content (AvgIpc) is 3.02. The molecule has 1 amide bonds. The molecule has 1 fully saturated rings. The molecular formula is C15H22N2OS. The maximum absolute atomic E-state index is 12.2. The molecule has 0 radical (unpaired) electrons. The highest BCUT2D eigenvalue weighted by Gasteiger charge is 2.18. The Morgan fingerprint density at radius 1 is 1.32 bits per heavy atom. The molecule has 104 valence electrons. The lowest BCUT2D eigenvalue weighted by molar-refractivity contribution is 0.0954. The summed E-state index contributed by atoms with van der Waals surface area (Å²) in [7, 11) is 0. The maximum Gasteiger partial charge on any atom is 0.261 e. The lowest BCUT2D eigenvalue weighted by atomic mass is 10.1. The number of carbonyl (C=O) groups excluding carboxylic acids is 1. The van der Waals surface area contributed by atoms with Gasteiger partial charge in [0.05, 0.1) is 4.88 Å². The van der Waals surface area contributed by atoms with Crippen LogP contribution in [0.5, 0.6) is 0 Å². The lowest BCUT2D eigenvalue weighted by Crippen LogP contribution is -2.36. The molecule has 19 heavy (non-hydrogen) atoms. The van der Waals surface area contributed by atoms with Crippen LogP contribution in [0.25, 0.3) is 0 Å². The summed E-state index contributed by atoms with van der Waals surface area (Å²) in [5.74, 6) is 0.117. The molecule has 2 N–H and O–H groups in total. The molecule has 0 saturated carbocycles. The number of aryl methyl sites for hydroxylation is 2. The Hall–Kier alpha value is -0.870. The fraction of sp³-hybridized carbons (Fsp3) is 0.667. The Labute approximate surface area is 118 Å². The molecule has 1 aliphatic heterocycles. The van der Waals surface area contributed by atoms with Gasteiger partial charge in [0.1, 0.15) is 0 Å². The second-order valence-electron chi connectivity index (χ2n) is 5.62. The normalized spacial score (nSPS) is 22.8. The Kier molecular flexibility index (Phi) is 4.18. The first-order valence-corrected chi connectivity index (χ1v) is 8.28. The highest BCUT2D eigenvalue weighted by Crippen LogP contribution is 2.28. The Balaban J connectivity index is 1.60. The van der Waals surface area contributed by atoms with Crippen molar-refractivity contribution in [2.24, 2.45) is 0 Å². The molecule has 2 aliphatic rings. The van der Waals surface area contributed by atoms with E-state index in [1.165, 1.54) is 42.5 Å². The second kappa shape index (κ2) is 6.06. The van der Waals surface area contributed by atoms with Crippen LogP contribution in [-0.2, 0) is 12.8 Å². The molecule has 1 saturated heterocycles. The second-order valence-corrected chi connectivity index (χ2v) is 6.76. The Morgan fingerprint density at radius 2 is 2.21 bits per heavy atom. The number of nitrogens with one attached hydrogen (secondary N) is 2. The molecule has 1 aliphatic carbocycles. The smallest absolute Gasteiger partial charge is 0.261 e. The van der Waals surface area contributed by atoms with Crippen molar-refractivity contribution in [1.29, 1.82) is 0 Å². The summed E-state index contributed by atoms with van der Waals surface area (Å²) in [6.45, 7) is 1.86. The molecule has 4 heteroatoms. The minimum absolute atomic E-state index is 0.117. The van der Waals surface area contributed by atoms with Crippen molar-refractivity contribution in [3.8, 4) is 0 Å². The third-order valence-electron chi connectivity index (χ3n) is 4.14. The monoisotopic (exact) mass is 278 g/mol. The number of carbonyl (C=O) groups is 1. The van der Waals surface area contributed by atoms with Crippen LogP contribution in [0.15, 0.2) is 6.07 Å². The molecule has 0 spiro atoms. The van der Waals surface area contributed by atoms with E-state index in [9.17, 15) is 4.79 Å². The van der Waals surface area contributed by atoms with E-state index in [0.29, 0.717) is 6.04 Å². The molecular weight excluding hydrogens is 256 g/mol. The fourth-order valence-electron chi connectivity index (χ4n) is 3.01. The minimum atomic E-state index is 0.117. The first-order chi connectivity index (χ1) is 9.33. The van der Waals surface area contributed by atoms with Crippen LogP contribution in [0, 0.1) is 0 Å². The predicted octanol–water partition coefficient (Wildman–Crippen LogP) is 2.50. The van der Waals surface area contributed by atoms with Crippen molar-refractivity contribution < 1.29 is 4.79 Å². The summed E-state index contributed by atoms with van der Waals surface area (Å²) in [6, 6.07) is 2.60. The molecule has 0 aromatic carbocycles. The molecule has 3 rings (SSSR count). The molecule has 2 heterocycles. The fourth-order valence-corrected chi connectivity index (χ4v) is 4.18. The van der Waals surface area contributed by atoms with Crippen molar-refractivity contribution in [2.75, 3.05) is 13.1 Å². The molecule has 3 nitrogen and oxygen atoms in total. The van der Waals surface area contributed by atoms with Crippen molar-refractivity contribution >= 4 is 17.2 Å². The summed E-state index contributed by atoms with van der Waals surface area (Å²) in [5.41, 5.74) is 1.42. The topological polar surface area (TPSA) is 41.1 Å². The van der Waals surface area contributed by atoms with Gasteiger partial charge in [0.2, 0.25) is 0 Å². The average molecular weight is 278 g/mol. The van der Waals surface area contributed by atoms with Crippen LogP contribution in [0.3, 0.4) is 0 Å². The van der Waals surface area contributed by atoms with Gasteiger partial charge in [0.15, 0.2) is 0 Å². The number of rotatable bonds is 3. The summed E-state index contributed by atoms with van der Waals surface area (Å²) >= 11 is 1.71. The summed E-state index contributed by atoms with van der Waals surface area (Å²) < 4.78 is 0. The van der Waals surface area contributed by atoms with Crippen molar-refractivity contribution in [3.63, 3.8) is 0 Å². The number of amides is 1. The van der Waals surface area contributed by atoms with Crippen molar-refractivity contribution in [2.45, 2.75) is 51.0 Å². The van der Waals surface area contributed by atoms with Gasteiger partial charge in [-0.25, -0.2) is 0 Å². The van der Waals surface area contributed by atoms with Gasteiger partial charge in [-0.15, -0.1) is 11.3 Å². The summed E-state index contributed by atoms with van der Waals surface area (Å²) in [5, 5.41) is 6.48. The van der Waals surface area contributed by atoms with Crippen LogP contribution in [0.2, 0.25) is 0 Å². The number of hydrogen-bond donors (Lipinski definition) is 2. The van der Waals surface area contributed by atoms with Crippen LogP contribution in [-0.4, -0.2) is 25.0 Å². The molecule has 1 unspecified atom stereocenters. The number of hydrogen-bond acceptors (Lipinski definition) is 3. The third kappa shape index (κ3) is 3.18. The lowest BCUT2D eigenvalue weighted by Gasteiger charge is -2.10. The van der Waals surface area contributed by atoms with Crippen molar-refractivity contribution in [3.05, 3.63) is 21.4 Å². The van der Waals surface area contributed by atoms with E-state index in [1.807, 2.05) is 0 Å². The largest absolute Gasteiger partial charge is 0.350 e. The number of fused-ring (bicyclic) bond motifs is 1. The predicted molar refractivity (Wildman–Crippen MR) is 78.9 cm³/mol. The molecule has 1 aromatic rings. The van der Waals surface area contributed by atoms with E-state index < -0.39 is 0 Å². The van der Waals surface area contributed by atoms with Crippen LogP contribution in [0.1, 0.15) is 52.2 Å². The highest BCUT2D eigenvalue weighted by atomic mass is 32.1. The van der Waals surface area contributed by atoms with Crippen LogP contribution < -0.4 is 10.6 Å². The van der Waals surface area contributed by atoms with E-state index in [2.05, 4.69) is 16.7 Å². The van der Waals surface area contributed by atoms with E-state index >= 15 is 0 Å². The van der Waals surface area contributed by atoms with Gasteiger partial charge in [-0.2, -0.15) is 0 Å². The third-order valence-corrected chi connectivity index (χ3v) is 5.38. The van der Waals surface area contributed by atoms with Gasteiger partial charge in [0.25, 0.3) is 5.91 Å². The van der Waals surface area contributed by atoms with Gasteiger partial charge in [0, 0.05) is 17.5 Å². The zero-order valence-electron chi connectivity index (χ0n) is 11.3. The van der Waals surface area contributed by atoms with Crippen LogP contribution in [0.4, 0.5) is 0 Å². The summed E-state index contributed by atoms with van der Waals surface area (Å²) in [6.07, 6.45) is 8.61. The van der Waals surface area contributed by atoms with Gasteiger partial charge >= 0.3 is 0 Å². The Morgan fingerprint density at radius 3 is 3.05 bits per heavy atom. The van der Waals surface area contributed by atoms with E-state index in [0.717, 1.165) is 30.8 Å². The van der Waals surface area contributed by atoms with Gasteiger partial charge in [-0.05, 0) is 56.7 Å². The van der Waals surface area contributed by atoms with Gasteiger partial charge in [-0.1, -0.05) is 6.42 Å². The van der Waals surface area contributed by atoms with E-state index in [1.54, 1.807) is 11.3 Å². The highest BCUT2D eigenvalue weighted by molar-refractivity contribution is 7.14. The zero-order chi connectivity index (χ0) is 13.1. The van der Waals surface area contributed by atoms with E-state index in [4.69, 9.17) is 0 Å². The first-order valence-electron chi connectivity index (χ1n) is 7.46. The molecule has 1 aromatic heterocycles. The zero-order valence-corrected chi connectivity index (χ0v) is 12.2. The number of thiophene rings is 1. The Bertz CT molecular complexity index is 425. The van der Waals surface area contributed by atoms with Crippen molar-refractivity contribution in [1.82, 2.24) is 10.6 Å². The minimum Gasteiger partial charge on any atom is -0.350 e. The van der Waals surface area contributed by atoms with Gasteiger partial charge in [-0.3, -0.25) is 4.79 Å². The first kappa shape index (κ1) is 13.1. The van der Waals surface area contributed by atoms with Gasteiger partial charge < -0.3 is 10.6 Å².